The van der Waals surface area contributed by atoms with E-state index in [0.717, 1.165) is 48.9 Å². The van der Waals surface area contributed by atoms with Crippen molar-refractivity contribution in [3.05, 3.63) is 0 Å². The second kappa shape index (κ2) is 12.9. The predicted octanol–water partition coefficient (Wildman–Crippen LogP) is 7.18. The van der Waals surface area contributed by atoms with Crippen molar-refractivity contribution in [1.29, 1.82) is 0 Å². The van der Waals surface area contributed by atoms with Gasteiger partial charge in [0.15, 0.2) is 0 Å². The van der Waals surface area contributed by atoms with Crippen LogP contribution in [-0.4, -0.2) is 59.8 Å². The van der Waals surface area contributed by atoms with Crippen LogP contribution in [0, 0.1) is 46.3 Å². The molecule has 4 aliphatic carbocycles. The lowest BCUT2D eigenvalue weighted by Gasteiger charge is -2.46. The molecule has 4 saturated carbocycles. The van der Waals surface area contributed by atoms with Crippen molar-refractivity contribution < 1.29 is 60.0 Å². The molecule has 0 amide bonds. The second-order valence-corrected chi connectivity index (χ2v) is 14.6. The van der Waals surface area contributed by atoms with E-state index in [-0.39, 0.29) is 17.0 Å². The Morgan fingerprint density at radius 2 is 1.18 bits per heavy atom. The van der Waals surface area contributed by atoms with Crippen molar-refractivity contribution in [3.8, 4) is 0 Å². The third-order valence-electron chi connectivity index (χ3n) is 11.3. The maximum atomic E-state index is 12.7. The fourth-order valence-electron chi connectivity index (χ4n) is 7.87. The Morgan fingerprint density at radius 1 is 0.711 bits per heavy atom. The van der Waals surface area contributed by atoms with Crippen LogP contribution >= 0.6 is 0 Å². The predicted molar refractivity (Wildman–Crippen MR) is 150 cm³/mol. The van der Waals surface area contributed by atoms with Crippen LogP contribution < -0.4 is 0 Å². The fourth-order valence-corrected chi connectivity index (χ4v) is 7.87. The molecule has 4 fully saturated rings. The Hall–Kier alpha value is -2.05. The molecule has 4 rings (SSSR count). The number of aliphatic hydroxyl groups is 1. The van der Waals surface area contributed by atoms with Gasteiger partial charge in [0.2, 0.25) is 0 Å². The zero-order valence-electron chi connectivity index (χ0n) is 27.2. The van der Waals surface area contributed by atoms with Gasteiger partial charge >= 0.3 is 35.9 Å². The molecule has 4 bridgehead atoms. The van der Waals surface area contributed by atoms with Gasteiger partial charge in [-0.05, 0) is 109 Å². The van der Waals surface area contributed by atoms with Gasteiger partial charge in [0, 0.05) is 5.92 Å². The summed E-state index contributed by atoms with van der Waals surface area (Å²) in [6.45, 7) is 11.3. The van der Waals surface area contributed by atoms with Crippen molar-refractivity contribution in [2.75, 3.05) is 13.2 Å². The Balaban J connectivity index is 0.000000245. The SMILES string of the molecule is CCC(C)(C)C(=O)OC1(CC)CC2CC1C1C3CCC(C3)C21.CCC(C)(C)C(=O)OCCOC(=O)C(O)(C(F)(F)F)C(F)(F)F. The molecule has 0 aromatic carbocycles. The molecule has 0 radical (unpaired) electrons. The van der Waals surface area contributed by atoms with E-state index in [1.807, 2.05) is 13.8 Å². The highest BCUT2D eigenvalue weighted by atomic mass is 19.4. The third kappa shape index (κ3) is 6.84. The molecule has 0 aromatic rings. The van der Waals surface area contributed by atoms with Crippen LogP contribution in [0.3, 0.4) is 0 Å². The van der Waals surface area contributed by atoms with Crippen molar-refractivity contribution in [2.24, 2.45) is 46.3 Å². The van der Waals surface area contributed by atoms with E-state index in [4.69, 9.17) is 9.84 Å². The Bertz CT molecular complexity index is 1090. The van der Waals surface area contributed by atoms with Gasteiger partial charge in [-0.3, -0.25) is 9.59 Å². The molecular weight excluding hydrogens is 610 g/mol. The van der Waals surface area contributed by atoms with Crippen molar-refractivity contribution in [3.63, 3.8) is 0 Å². The lowest BCUT2D eigenvalue weighted by atomic mass is 9.65. The molecular formula is C32H48F6O7. The van der Waals surface area contributed by atoms with Crippen LogP contribution in [0.4, 0.5) is 26.3 Å². The Labute approximate surface area is 261 Å². The molecule has 7 atom stereocenters. The first kappa shape index (κ1) is 37.4. The highest BCUT2D eigenvalue weighted by molar-refractivity contribution is 5.81. The molecule has 4 aliphatic rings. The highest BCUT2D eigenvalue weighted by Crippen LogP contribution is 2.71. The normalized spacial score (nSPS) is 30.8. The molecule has 45 heavy (non-hydrogen) atoms. The topological polar surface area (TPSA) is 99.1 Å². The fraction of sp³-hybridized carbons (Fsp3) is 0.906. The largest absolute Gasteiger partial charge is 0.462 e. The summed E-state index contributed by atoms with van der Waals surface area (Å²) in [5, 5.41) is 8.70. The summed E-state index contributed by atoms with van der Waals surface area (Å²) in [7, 11) is 0. The smallest absolute Gasteiger partial charge is 0.437 e. The molecule has 1 N–H and O–H groups in total. The van der Waals surface area contributed by atoms with Gasteiger partial charge < -0.3 is 19.3 Å². The van der Waals surface area contributed by atoms with E-state index in [1.54, 1.807) is 6.92 Å². The minimum atomic E-state index is -6.32. The number of rotatable bonds is 10. The lowest BCUT2D eigenvalue weighted by molar-refractivity contribution is -0.357. The molecule has 13 heteroatoms. The molecule has 7 unspecified atom stereocenters. The standard InChI is InChI=1S/C20H32O2.C12H16F6O5/c1-5-19(3,4)18(21)22-20(6-2)11-14-10-15(20)17-13-8-7-12(9-13)16(14)17;1-4-9(2,3)7(19)22-5-6-23-8(20)10(21,11(13,14)15)12(16,17)18/h12-17H,5-11H2,1-4H3;21H,4-6H2,1-3H3. The summed E-state index contributed by atoms with van der Waals surface area (Å²) in [6.07, 6.45) is -3.48. The second-order valence-electron chi connectivity index (χ2n) is 14.6. The first-order valence-electron chi connectivity index (χ1n) is 16.0. The molecule has 0 saturated heterocycles. The molecule has 0 spiro atoms. The number of carbonyl (C=O) groups is 3. The van der Waals surface area contributed by atoms with Crippen molar-refractivity contribution in [1.82, 2.24) is 0 Å². The third-order valence-corrected chi connectivity index (χ3v) is 11.3. The number of esters is 3. The van der Waals surface area contributed by atoms with Crippen LogP contribution in [0.15, 0.2) is 0 Å². The number of hydrogen-bond acceptors (Lipinski definition) is 7. The molecule has 0 aromatic heterocycles. The van der Waals surface area contributed by atoms with Crippen LogP contribution in [-0.2, 0) is 28.6 Å². The Morgan fingerprint density at radius 3 is 1.64 bits per heavy atom. The molecule has 260 valence electrons. The summed E-state index contributed by atoms with van der Waals surface area (Å²) in [5.74, 6) is 1.70. The van der Waals surface area contributed by atoms with E-state index in [9.17, 15) is 40.7 Å². The van der Waals surface area contributed by atoms with E-state index in [2.05, 4.69) is 23.3 Å². The van der Waals surface area contributed by atoms with Gasteiger partial charge in [-0.15, -0.1) is 0 Å². The van der Waals surface area contributed by atoms with E-state index in [0.29, 0.717) is 12.3 Å². The van der Waals surface area contributed by atoms with Gasteiger partial charge in [0.05, 0.1) is 10.8 Å². The van der Waals surface area contributed by atoms with E-state index < -0.39 is 48.5 Å². The number of halogens is 6. The maximum Gasteiger partial charge on any atom is 0.437 e. The number of fused-ring (bicyclic) bond motifs is 9. The Kier molecular flexibility index (Phi) is 10.7. The monoisotopic (exact) mass is 658 g/mol. The summed E-state index contributed by atoms with van der Waals surface area (Å²) < 4.78 is 88.6. The zero-order chi connectivity index (χ0) is 34.4. The lowest BCUT2D eigenvalue weighted by Crippen LogP contribution is -2.63. The quantitative estimate of drug-likeness (QED) is 0.0873. The average molecular weight is 659 g/mol. The minimum Gasteiger partial charge on any atom is -0.462 e. The number of alkyl halides is 6. The van der Waals surface area contributed by atoms with Gasteiger partial charge in [-0.1, -0.05) is 20.8 Å². The minimum absolute atomic E-state index is 0.0455. The van der Waals surface area contributed by atoms with Crippen molar-refractivity contribution in [2.45, 2.75) is 123 Å². The summed E-state index contributed by atoms with van der Waals surface area (Å²) in [4.78, 5) is 35.2. The number of hydrogen-bond donors (Lipinski definition) is 1. The van der Waals surface area contributed by atoms with E-state index in [1.165, 1.54) is 39.5 Å². The maximum absolute atomic E-state index is 12.7. The molecule has 0 heterocycles. The van der Waals surface area contributed by atoms with Gasteiger partial charge in [-0.2, -0.15) is 26.3 Å². The molecule has 0 aliphatic heterocycles. The van der Waals surface area contributed by atoms with Gasteiger partial charge in [0.25, 0.3) is 0 Å². The summed E-state index contributed by atoms with van der Waals surface area (Å²) in [6, 6.07) is 0. The van der Waals surface area contributed by atoms with Crippen LogP contribution in [0.5, 0.6) is 0 Å². The molecule has 7 nitrogen and oxygen atoms in total. The number of ether oxygens (including phenoxy) is 3. The van der Waals surface area contributed by atoms with Gasteiger partial charge in [-0.25, -0.2) is 4.79 Å². The van der Waals surface area contributed by atoms with Crippen LogP contribution in [0.2, 0.25) is 0 Å². The first-order valence-corrected chi connectivity index (χ1v) is 16.0. The van der Waals surface area contributed by atoms with Gasteiger partial charge in [0.1, 0.15) is 18.8 Å². The summed E-state index contributed by atoms with van der Waals surface area (Å²) in [5.41, 5.74) is -7.02. The zero-order valence-corrected chi connectivity index (χ0v) is 27.2. The number of carbonyl (C=O) groups excluding carboxylic acids is 3. The highest BCUT2D eigenvalue weighted by Gasteiger charge is 2.76. The van der Waals surface area contributed by atoms with Crippen molar-refractivity contribution >= 4 is 17.9 Å². The first-order chi connectivity index (χ1) is 20.5. The summed E-state index contributed by atoms with van der Waals surface area (Å²) >= 11 is 0. The van der Waals surface area contributed by atoms with Crippen LogP contribution in [0.1, 0.15) is 99.8 Å². The average Bonchev–Trinajstić information content (AvgIpc) is 3.74. The van der Waals surface area contributed by atoms with E-state index >= 15 is 0 Å². The van der Waals surface area contributed by atoms with Crippen LogP contribution in [0.25, 0.3) is 0 Å².